The molecule has 1 aliphatic rings. The molecule has 1 fully saturated rings. The van der Waals surface area contributed by atoms with Crippen molar-refractivity contribution in [1.82, 2.24) is 40.7 Å². The highest BCUT2D eigenvalue weighted by atomic mass is 35.5. The topological polar surface area (TPSA) is 164 Å². The number of alkyl halides is 1. The fourth-order valence-corrected chi connectivity index (χ4v) is 5.18. The van der Waals surface area contributed by atoms with Gasteiger partial charge in [-0.05, 0) is 31.2 Å². The molecule has 0 bridgehead atoms. The minimum Gasteiger partial charge on any atom is -0.410 e. The molecule has 3 amide bonds. The number of aromatic nitrogens is 5. The van der Waals surface area contributed by atoms with Crippen LogP contribution in [0.1, 0.15) is 35.1 Å². The maximum absolute atomic E-state index is 14.5. The molecule has 0 aliphatic carbocycles. The molecular weight excluding hydrogens is 602 g/mol. The van der Waals surface area contributed by atoms with Crippen LogP contribution in [0.25, 0.3) is 10.9 Å². The monoisotopic (exact) mass is 628 g/mol. The first-order valence-corrected chi connectivity index (χ1v) is 13.9. The van der Waals surface area contributed by atoms with Crippen molar-refractivity contribution >= 4 is 46.2 Å². The number of ether oxygens (including phenoxy) is 1. The minimum atomic E-state index is -1.43. The third kappa shape index (κ3) is 6.83. The van der Waals surface area contributed by atoms with Crippen molar-refractivity contribution in [2.45, 2.75) is 45.1 Å². The van der Waals surface area contributed by atoms with Crippen LogP contribution in [0.4, 0.5) is 13.6 Å². The number of aromatic amines is 1. The first-order valence-electron chi connectivity index (χ1n) is 13.6. The van der Waals surface area contributed by atoms with Gasteiger partial charge in [-0.2, -0.15) is 5.21 Å². The Morgan fingerprint density at radius 3 is 2.75 bits per heavy atom. The largest absolute Gasteiger partial charge is 0.412 e. The summed E-state index contributed by atoms with van der Waals surface area (Å²) in [5.74, 6) is -1.56. The number of rotatable bonds is 10. The van der Waals surface area contributed by atoms with Crippen LogP contribution in [0.2, 0.25) is 5.02 Å². The van der Waals surface area contributed by atoms with E-state index < -0.39 is 35.9 Å². The van der Waals surface area contributed by atoms with Gasteiger partial charge in [-0.1, -0.05) is 28.9 Å². The quantitative estimate of drug-likeness (QED) is 0.226. The fraction of sp³-hybridized carbons (Fsp3) is 0.321. The smallest absolute Gasteiger partial charge is 0.410 e. The number of ketones is 1. The van der Waals surface area contributed by atoms with E-state index in [0.29, 0.717) is 23.1 Å². The second-order valence-electron chi connectivity index (χ2n) is 10.1. The fourth-order valence-electron chi connectivity index (χ4n) is 4.99. The predicted octanol–water partition coefficient (Wildman–Crippen LogP) is 2.74. The number of carbonyl (C=O) groups excluding carboxylic acids is 4. The van der Waals surface area contributed by atoms with E-state index in [1.165, 1.54) is 48.0 Å². The van der Waals surface area contributed by atoms with Crippen LogP contribution in [0, 0.1) is 5.82 Å². The van der Waals surface area contributed by atoms with Gasteiger partial charge in [0.1, 0.15) is 30.3 Å². The van der Waals surface area contributed by atoms with Crippen LogP contribution in [-0.4, -0.2) is 79.1 Å². The summed E-state index contributed by atoms with van der Waals surface area (Å²) in [6.07, 6.45) is -0.550. The van der Waals surface area contributed by atoms with Crippen molar-refractivity contribution in [3.63, 3.8) is 0 Å². The van der Waals surface area contributed by atoms with Crippen molar-refractivity contribution in [2.24, 2.45) is 0 Å². The Balaban J connectivity index is 1.26. The Morgan fingerprint density at radius 2 is 2.00 bits per heavy atom. The van der Waals surface area contributed by atoms with E-state index in [9.17, 15) is 28.0 Å². The third-order valence-electron chi connectivity index (χ3n) is 7.11. The van der Waals surface area contributed by atoms with E-state index >= 15 is 0 Å². The summed E-state index contributed by atoms with van der Waals surface area (Å²) in [6.45, 7) is 0.786. The minimum absolute atomic E-state index is 0.0963. The number of halogens is 3. The van der Waals surface area contributed by atoms with E-state index in [1.54, 1.807) is 6.07 Å². The number of tetrazole rings is 1. The number of likely N-dealkylation sites (tertiary alicyclic amines) is 1. The van der Waals surface area contributed by atoms with Gasteiger partial charge in [0.2, 0.25) is 11.8 Å². The molecule has 0 spiro atoms. The summed E-state index contributed by atoms with van der Waals surface area (Å²) >= 11 is 5.80. The zero-order valence-corrected chi connectivity index (χ0v) is 24.1. The van der Waals surface area contributed by atoms with Crippen LogP contribution < -0.4 is 15.4 Å². The number of nitrogens with one attached hydrogen (secondary N) is 3. The molecule has 3 N–H and O–H groups in total. The van der Waals surface area contributed by atoms with E-state index in [2.05, 4.69) is 31.3 Å². The summed E-state index contributed by atoms with van der Waals surface area (Å²) in [5, 5.41) is 18.8. The predicted molar refractivity (Wildman–Crippen MR) is 152 cm³/mol. The van der Waals surface area contributed by atoms with Gasteiger partial charge in [-0.25, -0.2) is 13.6 Å². The number of fused-ring (bicyclic) bond motifs is 1. The van der Waals surface area contributed by atoms with Gasteiger partial charge >= 0.3 is 6.09 Å². The molecule has 230 valence electrons. The van der Waals surface area contributed by atoms with Crippen LogP contribution in [0.3, 0.4) is 0 Å². The zero-order valence-electron chi connectivity index (χ0n) is 23.3. The van der Waals surface area contributed by atoms with Gasteiger partial charge in [0, 0.05) is 54.2 Å². The highest BCUT2D eigenvalue weighted by Crippen LogP contribution is 2.28. The molecule has 2 unspecified atom stereocenters. The van der Waals surface area contributed by atoms with Crippen molar-refractivity contribution in [3.8, 4) is 5.75 Å². The molecule has 3 heterocycles. The van der Waals surface area contributed by atoms with E-state index in [1.807, 2.05) is 0 Å². The Kier molecular flexibility index (Phi) is 9.13. The van der Waals surface area contributed by atoms with Crippen LogP contribution in [-0.2, 0) is 29.1 Å². The molecule has 44 heavy (non-hydrogen) atoms. The molecule has 16 heteroatoms. The first-order chi connectivity index (χ1) is 21.1. The number of hydrogen-bond acceptors (Lipinski definition) is 8. The standard InChI is InChI=1S/C28H27ClF2N8O5/c1-15(40)20-13-38(22-6-5-18(10-19(20)22)44-28(43)32-8-7-24-34-36-37-35-24)14-25(41)39-12-17(30)9-23(39)27(42)33-11-16-3-2-4-21(29)26(16)31/h2-6,10,13,17,23H,7-9,11-12,14H2,1H3,(H,32,43)(H,33,42)(H,34,35,36,37). The Bertz CT molecular complexity index is 1710. The van der Waals surface area contributed by atoms with Gasteiger partial charge in [-0.15, -0.1) is 10.2 Å². The van der Waals surface area contributed by atoms with Crippen LogP contribution in [0.15, 0.2) is 42.6 Å². The number of Topliss-reactive ketones (excluding diaryl/α,β-unsaturated/α-hetero) is 1. The Labute approximate surface area is 253 Å². The maximum atomic E-state index is 14.5. The lowest BCUT2D eigenvalue weighted by Crippen LogP contribution is -2.46. The normalized spacial score (nSPS) is 16.2. The van der Waals surface area contributed by atoms with Crippen molar-refractivity contribution in [2.75, 3.05) is 13.1 Å². The summed E-state index contributed by atoms with van der Waals surface area (Å²) in [7, 11) is 0. The third-order valence-corrected chi connectivity index (χ3v) is 7.40. The molecule has 5 rings (SSSR count). The average Bonchev–Trinajstić information content (AvgIpc) is 3.73. The molecule has 2 aromatic carbocycles. The zero-order chi connectivity index (χ0) is 31.4. The highest BCUT2D eigenvalue weighted by Gasteiger charge is 2.39. The molecule has 2 atom stereocenters. The maximum Gasteiger partial charge on any atom is 0.412 e. The lowest BCUT2D eigenvalue weighted by atomic mass is 10.1. The van der Waals surface area contributed by atoms with Crippen LogP contribution in [0.5, 0.6) is 5.75 Å². The SMILES string of the molecule is CC(=O)c1cn(CC(=O)N2CC(F)CC2C(=O)NCc2cccc(Cl)c2F)c2ccc(OC(=O)NCCc3nn[nH]n3)cc12. The number of carbonyl (C=O) groups is 4. The second kappa shape index (κ2) is 13.2. The number of benzene rings is 2. The molecule has 1 aliphatic heterocycles. The molecule has 0 saturated carbocycles. The van der Waals surface area contributed by atoms with Crippen molar-refractivity contribution in [3.05, 3.63) is 70.4 Å². The first kappa shape index (κ1) is 30.5. The lowest BCUT2D eigenvalue weighted by Gasteiger charge is -2.24. The molecular formula is C28H27ClF2N8O5. The Morgan fingerprint density at radius 1 is 1.18 bits per heavy atom. The average molecular weight is 629 g/mol. The van der Waals surface area contributed by atoms with E-state index in [-0.39, 0.29) is 60.3 Å². The molecule has 1 saturated heterocycles. The number of hydrogen-bond donors (Lipinski definition) is 3. The summed E-state index contributed by atoms with van der Waals surface area (Å²) < 4.78 is 35.6. The van der Waals surface area contributed by atoms with Crippen molar-refractivity contribution < 1.29 is 32.7 Å². The van der Waals surface area contributed by atoms with Gasteiger partial charge in [0.05, 0.1) is 11.6 Å². The van der Waals surface area contributed by atoms with Crippen molar-refractivity contribution in [1.29, 1.82) is 0 Å². The number of amides is 3. The molecule has 0 radical (unpaired) electrons. The summed E-state index contributed by atoms with van der Waals surface area (Å²) in [4.78, 5) is 52.2. The molecule has 13 nitrogen and oxygen atoms in total. The van der Waals surface area contributed by atoms with Gasteiger partial charge < -0.3 is 24.8 Å². The highest BCUT2D eigenvalue weighted by molar-refractivity contribution is 6.30. The Hall–Kier alpha value is -4.92. The summed E-state index contributed by atoms with van der Waals surface area (Å²) in [6, 6.07) is 7.87. The van der Waals surface area contributed by atoms with E-state index in [0.717, 1.165) is 4.90 Å². The van der Waals surface area contributed by atoms with Crippen LogP contribution >= 0.6 is 11.6 Å². The molecule has 2 aromatic heterocycles. The number of nitrogens with zero attached hydrogens (tertiary/aromatic N) is 5. The van der Waals surface area contributed by atoms with Gasteiger partial charge in [-0.3, -0.25) is 14.4 Å². The summed E-state index contributed by atoms with van der Waals surface area (Å²) in [5.41, 5.74) is 0.916. The second-order valence-corrected chi connectivity index (χ2v) is 10.5. The van der Waals surface area contributed by atoms with Gasteiger partial charge in [0.25, 0.3) is 0 Å². The van der Waals surface area contributed by atoms with E-state index in [4.69, 9.17) is 16.3 Å². The lowest BCUT2D eigenvalue weighted by molar-refractivity contribution is -0.139. The number of H-pyrrole nitrogens is 1. The molecule has 4 aromatic rings. The van der Waals surface area contributed by atoms with Gasteiger partial charge in [0.15, 0.2) is 11.6 Å².